The molecule has 0 aliphatic carbocycles. The molecular formula is C17H17F2NO4S2. The van der Waals surface area contributed by atoms with Crippen molar-refractivity contribution in [2.75, 3.05) is 18.8 Å². The largest absolute Gasteiger partial charge is 0.246 e. The summed E-state index contributed by atoms with van der Waals surface area (Å²) >= 11 is 0. The normalized spacial score (nSPS) is 21.2. The van der Waals surface area contributed by atoms with Gasteiger partial charge in [0.15, 0.2) is 9.84 Å². The van der Waals surface area contributed by atoms with Crippen LogP contribution in [-0.2, 0) is 19.9 Å². The van der Waals surface area contributed by atoms with Crippen LogP contribution >= 0.6 is 0 Å². The summed E-state index contributed by atoms with van der Waals surface area (Å²) in [6.45, 7) is -0.402. The van der Waals surface area contributed by atoms with Crippen molar-refractivity contribution in [2.45, 2.75) is 16.6 Å². The van der Waals surface area contributed by atoms with Crippen LogP contribution in [0.15, 0.2) is 53.4 Å². The summed E-state index contributed by atoms with van der Waals surface area (Å²) < 4.78 is 78.8. The molecule has 0 bridgehead atoms. The predicted molar refractivity (Wildman–Crippen MR) is 92.7 cm³/mol. The smallest absolute Gasteiger partial charge is 0.228 e. The van der Waals surface area contributed by atoms with Crippen LogP contribution in [0.2, 0.25) is 0 Å². The summed E-state index contributed by atoms with van der Waals surface area (Å²) in [5, 5.41) is -0.832. The molecule has 0 aromatic heterocycles. The SMILES string of the molecule is O=S1(=O)CCN(S(=O)(=O)c2cc(F)ccc2F)CCC1c1ccccc1. The second-order valence-electron chi connectivity index (χ2n) is 6.03. The zero-order valence-corrected chi connectivity index (χ0v) is 15.3. The van der Waals surface area contributed by atoms with Gasteiger partial charge in [-0.05, 0) is 30.2 Å². The van der Waals surface area contributed by atoms with Crippen molar-refractivity contribution in [3.05, 3.63) is 65.7 Å². The van der Waals surface area contributed by atoms with E-state index in [9.17, 15) is 25.6 Å². The Bertz CT molecular complexity index is 1010. The Hall–Kier alpha value is -1.84. The maximum atomic E-state index is 13.9. The Morgan fingerprint density at radius 3 is 2.38 bits per heavy atom. The van der Waals surface area contributed by atoms with Crippen LogP contribution in [0, 0.1) is 11.6 Å². The van der Waals surface area contributed by atoms with Crippen LogP contribution in [0.3, 0.4) is 0 Å². The molecule has 0 N–H and O–H groups in total. The van der Waals surface area contributed by atoms with Crippen molar-refractivity contribution in [1.29, 1.82) is 0 Å². The molecule has 1 heterocycles. The molecule has 3 rings (SSSR count). The Morgan fingerprint density at radius 2 is 1.69 bits per heavy atom. The van der Waals surface area contributed by atoms with E-state index < -0.39 is 41.6 Å². The van der Waals surface area contributed by atoms with Gasteiger partial charge in [-0.1, -0.05) is 30.3 Å². The third-order valence-electron chi connectivity index (χ3n) is 4.38. The van der Waals surface area contributed by atoms with Gasteiger partial charge in [0.05, 0.1) is 11.0 Å². The average Bonchev–Trinajstić information content (AvgIpc) is 2.76. The monoisotopic (exact) mass is 401 g/mol. The third-order valence-corrected chi connectivity index (χ3v) is 8.42. The van der Waals surface area contributed by atoms with Gasteiger partial charge in [-0.15, -0.1) is 0 Å². The molecule has 1 unspecified atom stereocenters. The Balaban J connectivity index is 1.94. The summed E-state index contributed by atoms with van der Waals surface area (Å²) in [6.07, 6.45) is 0.0442. The lowest BCUT2D eigenvalue weighted by Crippen LogP contribution is -2.34. The van der Waals surface area contributed by atoms with E-state index in [1.165, 1.54) is 0 Å². The van der Waals surface area contributed by atoms with Crippen molar-refractivity contribution in [3.8, 4) is 0 Å². The van der Waals surface area contributed by atoms with Crippen molar-refractivity contribution in [3.63, 3.8) is 0 Å². The van der Waals surface area contributed by atoms with E-state index in [1.54, 1.807) is 30.3 Å². The first-order valence-corrected chi connectivity index (χ1v) is 11.1. The molecule has 2 aromatic carbocycles. The lowest BCUT2D eigenvalue weighted by atomic mass is 10.1. The van der Waals surface area contributed by atoms with E-state index in [-0.39, 0.29) is 25.3 Å². The van der Waals surface area contributed by atoms with E-state index >= 15 is 0 Å². The first-order valence-electron chi connectivity index (χ1n) is 7.93. The predicted octanol–water partition coefficient (Wildman–Crippen LogP) is 2.52. The van der Waals surface area contributed by atoms with Crippen molar-refractivity contribution in [1.82, 2.24) is 4.31 Å². The van der Waals surface area contributed by atoms with Gasteiger partial charge in [0.1, 0.15) is 16.5 Å². The topological polar surface area (TPSA) is 71.5 Å². The number of nitrogens with zero attached hydrogens (tertiary/aromatic N) is 1. The molecule has 2 aromatic rings. The Morgan fingerprint density at radius 1 is 1.00 bits per heavy atom. The highest BCUT2D eigenvalue weighted by molar-refractivity contribution is 7.92. The van der Waals surface area contributed by atoms with Crippen molar-refractivity contribution < 1.29 is 25.6 Å². The standard InChI is InChI=1S/C17H17F2NO4S2/c18-14-6-7-15(19)17(12-14)26(23,24)20-9-8-16(25(21,22)11-10-20)13-4-2-1-3-5-13/h1-7,12,16H,8-11H2. The van der Waals surface area contributed by atoms with Crippen LogP contribution in [0.4, 0.5) is 8.78 Å². The van der Waals surface area contributed by atoms with Crippen LogP contribution in [0.5, 0.6) is 0 Å². The highest BCUT2D eigenvalue weighted by Gasteiger charge is 2.36. The summed E-state index contributed by atoms with van der Waals surface area (Å²) in [5.74, 6) is -2.34. The summed E-state index contributed by atoms with van der Waals surface area (Å²) in [7, 11) is -7.92. The minimum absolute atomic E-state index is 0.0442. The molecule has 1 fully saturated rings. The molecule has 1 aliphatic rings. The molecular weight excluding hydrogens is 384 g/mol. The first-order chi connectivity index (χ1) is 12.2. The van der Waals surface area contributed by atoms with Gasteiger partial charge >= 0.3 is 0 Å². The van der Waals surface area contributed by atoms with Gasteiger partial charge in [-0.2, -0.15) is 4.31 Å². The first kappa shape index (κ1) is 18.9. The highest BCUT2D eigenvalue weighted by atomic mass is 32.2. The van der Waals surface area contributed by atoms with E-state index in [0.29, 0.717) is 11.6 Å². The van der Waals surface area contributed by atoms with Crippen molar-refractivity contribution in [2.24, 2.45) is 0 Å². The fraction of sp³-hybridized carbons (Fsp3) is 0.294. The number of halogens is 2. The van der Waals surface area contributed by atoms with Gasteiger partial charge in [-0.25, -0.2) is 25.6 Å². The summed E-state index contributed by atoms with van der Waals surface area (Å²) in [4.78, 5) is -0.784. The van der Waals surface area contributed by atoms with E-state index in [0.717, 1.165) is 16.4 Å². The van der Waals surface area contributed by atoms with Crippen LogP contribution < -0.4 is 0 Å². The van der Waals surface area contributed by atoms with Crippen LogP contribution in [-0.4, -0.2) is 40.0 Å². The van der Waals surface area contributed by atoms with Crippen LogP contribution in [0.1, 0.15) is 17.2 Å². The number of benzene rings is 2. The van der Waals surface area contributed by atoms with E-state index in [2.05, 4.69) is 0 Å². The number of sulfonamides is 1. The molecule has 0 amide bonds. The molecule has 9 heteroatoms. The molecule has 0 radical (unpaired) electrons. The Kier molecular flexibility index (Phi) is 5.14. The number of hydrogen-bond acceptors (Lipinski definition) is 4. The van der Waals surface area contributed by atoms with Gasteiger partial charge in [0, 0.05) is 13.1 Å². The molecule has 5 nitrogen and oxygen atoms in total. The maximum absolute atomic E-state index is 13.9. The van der Waals surface area contributed by atoms with Crippen molar-refractivity contribution >= 4 is 19.9 Å². The van der Waals surface area contributed by atoms with Gasteiger partial charge in [0.25, 0.3) is 0 Å². The highest BCUT2D eigenvalue weighted by Crippen LogP contribution is 2.31. The Labute approximate surface area is 151 Å². The lowest BCUT2D eigenvalue weighted by molar-refractivity contribution is 0.423. The van der Waals surface area contributed by atoms with Crippen LogP contribution in [0.25, 0.3) is 0 Å². The minimum Gasteiger partial charge on any atom is -0.228 e. The minimum atomic E-state index is -4.34. The number of hydrogen-bond donors (Lipinski definition) is 0. The van der Waals surface area contributed by atoms with E-state index in [4.69, 9.17) is 0 Å². The zero-order valence-electron chi connectivity index (χ0n) is 13.7. The summed E-state index contributed by atoms with van der Waals surface area (Å²) in [6, 6.07) is 10.7. The molecule has 1 saturated heterocycles. The van der Waals surface area contributed by atoms with E-state index in [1.807, 2.05) is 0 Å². The molecule has 1 aliphatic heterocycles. The summed E-state index contributed by atoms with van der Waals surface area (Å²) in [5.41, 5.74) is 0.587. The average molecular weight is 401 g/mol. The van der Waals surface area contributed by atoms with Gasteiger partial charge in [-0.3, -0.25) is 0 Å². The molecule has 1 atom stereocenters. The fourth-order valence-electron chi connectivity index (χ4n) is 3.02. The lowest BCUT2D eigenvalue weighted by Gasteiger charge is -2.20. The second-order valence-corrected chi connectivity index (χ2v) is 10.2. The van der Waals surface area contributed by atoms with Gasteiger partial charge in [0.2, 0.25) is 10.0 Å². The maximum Gasteiger partial charge on any atom is 0.246 e. The molecule has 140 valence electrons. The zero-order chi connectivity index (χ0) is 18.9. The molecule has 26 heavy (non-hydrogen) atoms. The number of sulfone groups is 1. The second kappa shape index (κ2) is 7.05. The quantitative estimate of drug-likeness (QED) is 0.792. The third kappa shape index (κ3) is 3.65. The van der Waals surface area contributed by atoms with Gasteiger partial charge < -0.3 is 0 Å². The fourth-order valence-corrected chi connectivity index (χ4v) is 6.46. The number of rotatable bonds is 3. The molecule has 0 saturated carbocycles. The molecule has 0 spiro atoms.